The molecule has 0 saturated carbocycles. The van der Waals surface area contributed by atoms with Gasteiger partial charge in [-0.05, 0) is 23.9 Å². The number of halogens is 1. The number of hydrogen-bond donors (Lipinski definition) is 1. The Morgan fingerprint density at radius 3 is 2.23 bits per heavy atom. The van der Waals surface area contributed by atoms with Gasteiger partial charge in [-0.15, -0.1) is 12.4 Å². The lowest BCUT2D eigenvalue weighted by Crippen LogP contribution is -1.86. The summed E-state index contributed by atoms with van der Waals surface area (Å²) in [7, 11) is 0. The minimum atomic E-state index is 0. The Bertz CT molecular complexity index is 382. The van der Waals surface area contributed by atoms with Crippen molar-refractivity contribution in [3.8, 4) is 0 Å². The van der Waals surface area contributed by atoms with E-state index in [1.165, 1.54) is 10.9 Å². The van der Waals surface area contributed by atoms with Crippen LogP contribution < -0.4 is 5.73 Å². The van der Waals surface area contributed by atoms with Crippen LogP contribution >= 0.6 is 12.4 Å². The molecule has 1 nitrogen and oxygen atoms in total. The average Bonchev–Trinajstić information content (AvgIpc) is 2.07. The van der Waals surface area contributed by atoms with E-state index in [-0.39, 0.29) is 12.4 Å². The number of anilines is 1. The van der Waals surface area contributed by atoms with E-state index < -0.39 is 0 Å². The van der Waals surface area contributed by atoms with Crippen molar-refractivity contribution in [3.05, 3.63) is 42.0 Å². The van der Waals surface area contributed by atoms with Crippen LogP contribution in [-0.4, -0.2) is 0 Å². The first-order chi connectivity index (χ1) is 5.79. The number of benzene rings is 2. The molecule has 13 heavy (non-hydrogen) atoms. The Kier molecular flexibility index (Phi) is 2.79. The minimum absolute atomic E-state index is 0. The summed E-state index contributed by atoms with van der Waals surface area (Å²) in [6, 6.07) is 12.2. The third-order valence-electron chi connectivity index (χ3n) is 2.17. The molecule has 68 valence electrons. The summed E-state index contributed by atoms with van der Waals surface area (Å²) in [6.07, 6.45) is 0. The molecular formula is C11H12ClN. The number of fused-ring (bicyclic) bond motifs is 1. The maximum atomic E-state index is 5.83. The highest BCUT2D eigenvalue weighted by molar-refractivity contribution is 5.94. The predicted molar refractivity (Wildman–Crippen MR) is 60.3 cm³/mol. The molecule has 2 N–H and O–H groups in total. The third-order valence-corrected chi connectivity index (χ3v) is 2.17. The van der Waals surface area contributed by atoms with Crippen LogP contribution in [0.2, 0.25) is 0 Å². The van der Waals surface area contributed by atoms with Crippen molar-refractivity contribution in [2.45, 2.75) is 6.92 Å². The van der Waals surface area contributed by atoms with Gasteiger partial charge in [-0.2, -0.15) is 0 Å². The highest BCUT2D eigenvalue weighted by Crippen LogP contribution is 2.22. The fourth-order valence-electron chi connectivity index (χ4n) is 1.49. The van der Waals surface area contributed by atoms with E-state index in [0.717, 1.165) is 11.1 Å². The number of aryl methyl sites for hydroxylation is 1. The zero-order valence-electron chi connectivity index (χ0n) is 7.45. The molecule has 2 heteroatoms. The summed E-state index contributed by atoms with van der Waals surface area (Å²) >= 11 is 0. The maximum Gasteiger partial charge on any atom is 0.0393 e. The van der Waals surface area contributed by atoms with E-state index in [4.69, 9.17) is 5.73 Å². The van der Waals surface area contributed by atoms with Crippen LogP contribution in [0.5, 0.6) is 0 Å². The number of nitrogen functional groups attached to an aromatic ring is 1. The van der Waals surface area contributed by atoms with Gasteiger partial charge in [0.15, 0.2) is 0 Å². The Morgan fingerprint density at radius 1 is 0.923 bits per heavy atom. The van der Waals surface area contributed by atoms with Crippen LogP contribution in [-0.2, 0) is 0 Å². The Hall–Kier alpha value is -1.21. The number of rotatable bonds is 0. The average molecular weight is 194 g/mol. The number of nitrogens with two attached hydrogens (primary N) is 1. The molecule has 0 saturated heterocycles. The van der Waals surface area contributed by atoms with Gasteiger partial charge in [-0.1, -0.05) is 30.3 Å². The second kappa shape index (κ2) is 3.67. The van der Waals surface area contributed by atoms with Gasteiger partial charge in [-0.25, -0.2) is 0 Å². The first kappa shape index (κ1) is 9.87. The second-order valence-electron chi connectivity index (χ2n) is 3.02. The first-order valence-corrected chi connectivity index (χ1v) is 4.03. The van der Waals surface area contributed by atoms with E-state index in [9.17, 15) is 0 Å². The van der Waals surface area contributed by atoms with Gasteiger partial charge in [0.25, 0.3) is 0 Å². The lowest BCUT2D eigenvalue weighted by molar-refractivity contribution is 1.53. The molecule has 0 spiro atoms. The van der Waals surface area contributed by atoms with Crippen LogP contribution in [0.3, 0.4) is 0 Å². The van der Waals surface area contributed by atoms with Crippen LogP contribution in [0.15, 0.2) is 36.4 Å². The van der Waals surface area contributed by atoms with Crippen molar-refractivity contribution in [2.24, 2.45) is 0 Å². The molecule has 2 aromatic rings. The molecule has 0 heterocycles. The van der Waals surface area contributed by atoms with E-state index in [2.05, 4.69) is 25.1 Å². The van der Waals surface area contributed by atoms with Gasteiger partial charge in [0, 0.05) is 11.1 Å². The molecule has 0 bridgehead atoms. The van der Waals surface area contributed by atoms with Gasteiger partial charge in [-0.3, -0.25) is 0 Å². The van der Waals surface area contributed by atoms with E-state index >= 15 is 0 Å². The highest BCUT2D eigenvalue weighted by Gasteiger charge is 1.97. The summed E-state index contributed by atoms with van der Waals surface area (Å²) in [5.41, 5.74) is 7.96. The number of hydrogen-bond acceptors (Lipinski definition) is 1. The lowest BCUT2D eigenvalue weighted by atomic mass is 10.0. The van der Waals surface area contributed by atoms with Crippen molar-refractivity contribution in [3.63, 3.8) is 0 Å². The van der Waals surface area contributed by atoms with Crippen LogP contribution in [0.4, 0.5) is 5.69 Å². The molecule has 0 aliphatic carbocycles. The molecule has 2 aromatic carbocycles. The topological polar surface area (TPSA) is 26.0 Å². The molecule has 0 fully saturated rings. The Balaban J connectivity index is 0.000000845. The van der Waals surface area contributed by atoms with Gasteiger partial charge in [0.05, 0.1) is 0 Å². The van der Waals surface area contributed by atoms with Crippen molar-refractivity contribution in [1.82, 2.24) is 0 Å². The summed E-state index contributed by atoms with van der Waals surface area (Å²) in [4.78, 5) is 0. The van der Waals surface area contributed by atoms with Crippen molar-refractivity contribution in [2.75, 3.05) is 5.73 Å². The minimum Gasteiger partial charge on any atom is -0.398 e. The molecule has 0 aliphatic rings. The molecule has 0 unspecified atom stereocenters. The van der Waals surface area contributed by atoms with E-state index in [1.807, 2.05) is 18.2 Å². The molecule has 2 rings (SSSR count). The van der Waals surface area contributed by atoms with Crippen molar-refractivity contribution >= 4 is 28.9 Å². The van der Waals surface area contributed by atoms with E-state index in [1.54, 1.807) is 0 Å². The van der Waals surface area contributed by atoms with Crippen molar-refractivity contribution < 1.29 is 0 Å². The Labute approximate surface area is 84.0 Å². The summed E-state index contributed by atoms with van der Waals surface area (Å²) < 4.78 is 0. The molecule has 0 amide bonds. The van der Waals surface area contributed by atoms with E-state index in [0.29, 0.717) is 0 Å². The van der Waals surface area contributed by atoms with Crippen LogP contribution in [0.25, 0.3) is 10.8 Å². The first-order valence-electron chi connectivity index (χ1n) is 4.03. The maximum absolute atomic E-state index is 5.83. The highest BCUT2D eigenvalue weighted by atomic mass is 35.5. The Morgan fingerprint density at radius 2 is 1.54 bits per heavy atom. The zero-order valence-corrected chi connectivity index (χ0v) is 8.27. The monoisotopic (exact) mass is 193 g/mol. The van der Waals surface area contributed by atoms with Gasteiger partial charge >= 0.3 is 0 Å². The SMILES string of the molecule is Cc1cccc2c(N)cccc12.Cl. The summed E-state index contributed by atoms with van der Waals surface area (Å²) in [6.45, 7) is 2.10. The molecule has 0 aromatic heterocycles. The third kappa shape index (κ3) is 1.61. The molecule has 0 atom stereocenters. The standard InChI is InChI=1S/C11H11N.ClH/c1-8-4-2-6-10-9(8)5-3-7-11(10)12;/h2-7H,12H2,1H3;1H. The quantitative estimate of drug-likeness (QED) is 0.640. The van der Waals surface area contributed by atoms with Gasteiger partial charge in [0.2, 0.25) is 0 Å². The van der Waals surface area contributed by atoms with Crippen LogP contribution in [0, 0.1) is 6.92 Å². The second-order valence-corrected chi connectivity index (χ2v) is 3.02. The summed E-state index contributed by atoms with van der Waals surface area (Å²) in [5.74, 6) is 0. The van der Waals surface area contributed by atoms with Crippen molar-refractivity contribution in [1.29, 1.82) is 0 Å². The summed E-state index contributed by atoms with van der Waals surface area (Å²) in [5, 5.41) is 2.40. The zero-order chi connectivity index (χ0) is 8.55. The van der Waals surface area contributed by atoms with Gasteiger partial charge < -0.3 is 5.73 Å². The fraction of sp³-hybridized carbons (Fsp3) is 0.0909. The molecular weight excluding hydrogens is 182 g/mol. The molecule has 0 aliphatic heterocycles. The van der Waals surface area contributed by atoms with Crippen LogP contribution in [0.1, 0.15) is 5.56 Å². The van der Waals surface area contributed by atoms with Gasteiger partial charge in [0.1, 0.15) is 0 Å². The molecule has 0 radical (unpaired) electrons. The smallest absolute Gasteiger partial charge is 0.0393 e. The normalized spacial score (nSPS) is 9.62. The predicted octanol–water partition coefficient (Wildman–Crippen LogP) is 3.15. The largest absolute Gasteiger partial charge is 0.398 e. The fourth-order valence-corrected chi connectivity index (χ4v) is 1.49. The lowest BCUT2D eigenvalue weighted by Gasteiger charge is -2.03.